The molecule has 1 atom stereocenters. The fourth-order valence-corrected chi connectivity index (χ4v) is 4.92. The van der Waals surface area contributed by atoms with Crippen LogP contribution in [-0.4, -0.2) is 46.2 Å². The van der Waals surface area contributed by atoms with Gasteiger partial charge in [0.2, 0.25) is 0 Å². The Morgan fingerprint density at radius 3 is 2.85 bits per heavy atom. The summed E-state index contributed by atoms with van der Waals surface area (Å²) < 4.78 is 6.57. The first-order valence-corrected chi connectivity index (χ1v) is 8.67. The molecule has 0 bridgehead atoms. The molecule has 3 heterocycles. The van der Waals surface area contributed by atoms with Crippen molar-refractivity contribution in [2.24, 2.45) is 5.92 Å². The van der Waals surface area contributed by atoms with Gasteiger partial charge >= 0.3 is 0 Å². The molecule has 1 saturated carbocycles. The van der Waals surface area contributed by atoms with Gasteiger partial charge in [0.1, 0.15) is 0 Å². The third kappa shape index (κ3) is 2.87. The average molecular weight is 290 g/mol. The molecule has 1 aromatic rings. The Balaban J connectivity index is 1.23. The van der Waals surface area contributed by atoms with Crippen molar-refractivity contribution in [1.82, 2.24) is 9.88 Å². The summed E-state index contributed by atoms with van der Waals surface area (Å²) in [7, 11) is 0. The molecule has 3 nitrogen and oxygen atoms in total. The highest BCUT2D eigenvalue weighted by atomic mass is 32.2. The molecule has 3 fully saturated rings. The molecule has 0 aromatic carbocycles. The molecule has 108 valence electrons. The first-order valence-electron chi connectivity index (χ1n) is 7.68. The van der Waals surface area contributed by atoms with Crippen molar-refractivity contribution in [3.63, 3.8) is 0 Å². The first-order chi connectivity index (χ1) is 9.81. The predicted octanol–water partition coefficient (Wildman–Crippen LogP) is 2.57. The summed E-state index contributed by atoms with van der Waals surface area (Å²) in [5.74, 6) is 2.09. The lowest BCUT2D eigenvalue weighted by Gasteiger charge is -2.47. The summed E-state index contributed by atoms with van der Waals surface area (Å²) in [6.07, 6.45) is 8.34. The number of pyridine rings is 1. The van der Waals surface area contributed by atoms with Crippen molar-refractivity contribution < 1.29 is 4.74 Å². The Morgan fingerprint density at radius 1 is 1.30 bits per heavy atom. The summed E-state index contributed by atoms with van der Waals surface area (Å²) in [5, 5.41) is 0. The summed E-state index contributed by atoms with van der Waals surface area (Å²) in [5.41, 5.74) is 1.37. The molecule has 20 heavy (non-hydrogen) atoms. The van der Waals surface area contributed by atoms with Gasteiger partial charge in [-0.15, -0.1) is 11.8 Å². The van der Waals surface area contributed by atoms with Gasteiger partial charge in [-0.1, -0.05) is 0 Å². The number of nitrogens with zero attached hydrogens (tertiary/aromatic N) is 2. The fraction of sp³-hybridized carbons (Fsp3) is 0.688. The van der Waals surface area contributed by atoms with Crippen LogP contribution in [0.1, 0.15) is 24.8 Å². The van der Waals surface area contributed by atoms with E-state index in [4.69, 9.17) is 4.74 Å². The molecular weight excluding hydrogens is 268 g/mol. The Bertz CT molecular complexity index is 457. The van der Waals surface area contributed by atoms with Crippen molar-refractivity contribution in [3.05, 3.63) is 30.1 Å². The van der Waals surface area contributed by atoms with Crippen molar-refractivity contribution in [2.45, 2.75) is 36.7 Å². The van der Waals surface area contributed by atoms with Gasteiger partial charge in [-0.2, -0.15) is 0 Å². The second-order valence-electron chi connectivity index (χ2n) is 6.60. The lowest BCUT2D eigenvalue weighted by molar-refractivity contribution is 0.0305. The Kier molecular flexibility index (Phi) is 3.49. The molecule has 4 rings (SSSR count). The maximum absolute atomic E-state index is 6.06. The van der Waals surface area contributed by atoms with Crippen LogP contribution in [0.15, 0.2) is 24.5 Å². The number of ether oxygens (including phenoxy) is 1. The third-order valence-electron chi connectivity index (χ3n) is 4.62. The quantitative estimate of drug-likeness (QED) is 0.832. The third-order valence-corrected chi connectivity index (χ3v) is 6.19. The van der Waals surface area contributed by atoms with Gasteiger partial charge in [0, 0.05) is 49.1 Å². The highest BCUT2D eigenvalue weighted by Crippen LogP contribution is 2.46. The minimum Gasteiger partial charge on any atom is -0.377 e. The van der Waals surface area contributed by atoms with E-state index >= 15 is 0 Å². The number of thioether (sulfide) groups is 1. The first kappa shape index (κ1) is 13.1. The molecule has 1 aliphatic carbocycles. The van der Waals surface area contributed by atoms with Gasteiger partial charge in [0.05, 0.1) is 6.10 Å². The molecule has 4 heteroatoms. The molecule has 3 aliphatic rings. The fourth-order valence-electron chi connectivity index (χ4n) is 3.31. The summed E-state index contributed by atoms with van der Waals surface area (Å²) in [6.45, 7) is 4.53. The predicted molar refractivity (Wildman–Crippen MR) is 81.8 cm³/mol. The lowest BCUT2D eigenvalue weighted by atomic mass is 9.92. The summed E-state index contributed by atoms with van der Waals surface area (Å²) in [4.78, 5) is 6.63. The number of likely N-dealkylation sites (tertiary alicyclic amines) is 1. The van der Waals surface area contributed by atoms with Crippen LogP contribution < -0.4 is 0 Å². The second kappa shape index (κ2) is 5.32. The van der Waals surface area contributed by atoms with Crippen molar-refractivity contribution >= 4 is 11.8 Å². The number of rotatable bonds is 5. The number of hydrogen-bond acceptors (Lipinski definition) is 4. The van der Waals surface area contributed by atoms with E-state index in [9.17, 15) is 0 Å². The van der Waals surface area contributed by atoms with E-state index in [2.05, 4.69) is 33.8 Å². The number of hydrogen-bond donors (Lipinski definition) is 0. The van der Waals surface area contributed by atoms with Gasteiger partial charge in [0.15, 0.2) is 0 Å². The molecule has 0 N–H and O–H groups in total. The molecule has 1 unspecified atom stereocenters. The Morgan fingerprint density at radius 2 is 2.10 bits per heavy atom. The maximum Gasteiger partial charge on any atom is 0.0680 e. The van der Waals surface area contributed by atoms with Crippen LogP contribution in [0.2, 0.25) is 0 Å². The number of aromatic nitrogens is 1. The van der Waals surface area contributed by atoms with E-state index in [1.54, 1.807) is 0 Å². The minimum atomic E-state index is 0.501. The topological polar surface area (TPSA) is 25.4 Å². The van der Waals surface area contributed by atoms with Crippen LogP contribution in [0.3, 0.4) is 0 Å². The van der Waals surface area contributed by atoms with Crippen LogP contribution in [0.4, 0.5) is 0 Å². The summed E-state index contributed by atoms with van der Waals surface area (Å²) >= 11 is 2.15. The molecular formula is C16H22N2OS. The molecule has 1 spiro atoms. The Labute approximate surface area is 125 Å². The van der Waals surface area contributed by atoms with Gasteiger partial charge in [-0.05, 0) is 42.9 Å². The SMILES string of the molecule is c1cc(CN2CC3(CC(OCC4CC4)CS3)C2)ccn1. The van der Waals surface area contributed by atoms with Crippen molar-refractivity contribution in [1.29, 1.82) is 0 Å². The second-order valence-corrected chi connectivity index (χ2v) is 8.09. The molecule has 1 aromatic heterocycles. The monoisotopic (exact) mass is 290 g/mol. The normalized spacial score (nSPS) is 28.7. The highest BCUT2D eigenvalue weighted by Gasteiger charge is 2.49. The van der Waals surface area contributed by atoms with Gasteiger partial charge in [-0.3, -0.25) is 9.88 Å². The molecule has 0 radical (unpaired) electrons. The van der Waals surface area contributed by atoms with Crippen LogP contribution in [0, 0.1) is 5.92 Å². The zero-order valence-corrected chi connectivity index (χ0v) is 12.6. The maximum atomic E-state index is 6.06. The van der Waals surface area contributed by atoms with Crippen molar-refractivity contribution in [2.75, 3.05) is 25.4 Å². The van der Waals surface area contributed by atoms with E-state index in [1.807, 2.05) is 12.4 Å². The van der Waals surface area contributed by atoms with E-state index in [1.165, 1.54) is 43.7 Å². The largest absolute Gasteiger partial charge is 0.377 e. The van der Waals surface area contributed by atoms with Crippen LogP contribution >= 0.6 is 11.8 Å². The van der Waals surface area contributed by atoms with Crippen LogP contribution in [0.25, 0.3) is 0 Å². The van der Waals surface area contributed by atoms with E-state index in [0.717, 1.165) is 19.1 Å². The smallest absolute Gasteiger partial charge is 0.0680 e. The zero-order chi connectivity index (χ0) is 13.4. The van der Waals surface area contributed by atoms with E-state index in [-0.39, 0.29) is 0 Å². The zero-order valence-electron chi connectivity index (χ0n) is 11.8. The van der Waals surface area contributed by atoms with E-state index in [0.29, 0.717) is 10.9 Å². The highest BCUT2D eigenvalue weighted by molar-refractivity contribution is 8.01. The Hall–Kier alpha value is -0.580. The van der Waals surface area contributed by atoms with Crippen LogP contribution in [-0.2, 0) is 11.3 Å². The molecule has 2 saturated heterocycles. The minimum absolute atomic E-state index is 0.501. The van der Waals surface area contributed by atoms with Crippen LogP contribution in [0.5, 0.6) is 0 Å². The molecule has 2 aliphatic heterocycles. The lowest BCUT2D eigenvalue weighted by Crippen LogP contribution is -2.58. The van der Waals surface area contributed by atoms with E-state index < -0.39 is 0 Å². The van der Waals surface area contributed by atoms with Gasteiger partial charge < -0.3 is 4.74 Å². The molecule has 0 amide bonds. The van der Waals surface area contributed by atoms with Crippen molar-refractivity contribution in [3.8, 4) is 0 Å². The van der Waals surface area contributed by atoms with Gasteiger partial charge in [0.25, 0.3) is 0 Å². The van der Waals surface area contributed by atoms with Gasteiger partial charge in [-0.25, -0.2) is 0 Å². The summed E-state index contributed by atoms with van der Waals surface area (Å²) in [6, 6.07) is 4.24. The standard InChI is InChI=1S/C16H22N2OS/c1-2-14(1)9-19-15-7-16(20-10-15)11-18(12-16)8-13-3-5-17-6-4-13/h3-6,14-15H,1-2,7-12H2. The average Bonchev–Trinajstić information content (AvgIpc) is 3.17.